The van der Waals surface area contributed by atoms with Crippen LogP contribution in [0.5, 0.6) is 0 Å². The van der Waals surface area contributed by atoms with Gasteiger partial charge in [0.1, 0.15) is 0 Å². The molecule has 0 radical (unpaired) electrons. The minimum absolute atomic E-state index is 0.251. The van der Waals surface area contributed by atoms with Crippen LogP contribution in [0.4, 0.5) is 0 Å². The molecule has 0 bridgehead atoms. The molecular formula is C16H24N2OS2. The summed E-state index contributed by atoms with van der Waals surface area (Å²) in [5, 5.41) is 5.56. The van der Waals surface area contributed by atoms with E-state index >= 15 is 0 Å². The third-order valence-electron chi connectivity index (χ3n) is 4.83. The zero-order valence-electron chi connectivity index (χ0n) is 12.7. The van der Waals surface area contributed by atoms with E-state index < -0.39 is 0 Å². The topological polar surface area (TPSA) is 32.3 Å². The number of hydrogen-bond donors (Lipinski definition) is 1. The average molecular weight is 325 g/mol. The van der Waals surface area contributed by atoms with Gasteiger partial charge in [0.2, 0.25) is 5.91 Å². The summed E-state index contributed by atoms with van der Waals surface area (Å²) >= 11 is 3.79. The van der Waals surface area contributed by atoms with Gasteiger partial charge < -0.3 is 10.2 Å². The first-order valence-electron chi connectivity index (χ1n) is 7.81. The molecule has 1 aromatic heterocycles. The van der Waals surface area contributed by atoms with Gasteiger partial charge in [-0.15, -0.1) is 11.3 Å². The van der Waals surface area contributed by atoms with Crippen LogP contribution in [-0.4, -0.2) is 41.4 Å². The van der Waals surface area contributed by atoms with Crippen LogP contribution < -0.4 is 5.32 Å². The Kier molecular flexibility index (Phi) is 4.92. The minimum atomic E-state index is 0.251. The molecule has 1 fully saturated rings. The molecular weight excluding hydrogens is 300 g/mol. The highest BCUT2D eigenvalue weighted by Gasteiger charge is 2.32. The fourth-order valence-electron chi connectivity index (χ4n) is 3.44. The lowest BCUT2D eigenvalue weighted by Gasteiger charge is -2.29. The highest BCUT2D eigenvalue weighted by atomic mass is 32.2. The summed E-state index contributed by atoms with van der Waals surface area (Å²) in [6.07, 6.45) is 8.48. The fourth-order valence-corrected chi connectivity index (χ4v) is 5.28. The second kappa shape index (κ2) is 6.71. The van der Waals surface area contributed by atoms with Gasteiger partial charge in [0, 0.05) is 29.3 Å². The van der Waals surface area contributed by atoms with E-state index in [0.717, 1.165) is 26.1 Å². The Bertz CT molecular complexity index is 494. The standard InChI is InChI=1S/C16H24N2OS2/c1-20-16(6-2-3-7-16)12-17-10-15(19)18-8-4-14-13(11-18)5-9-21-14/h5,9,17H,2-4,6-8,10-12H2,1H3. The molecule has 1 amide bonds. The van der Waals surface area contributed by atoms with Crippen LogP contribution >= 0.6 is 23.1 Å². The number of carbonyl (C=O) groups excluding carboxylic acids is 1. The Balaban J connectivity index is 1.47. The quantitative estimate of drug-likeness (QED) is 0.904. The molecule has 2 aliphatic rings. The number of amides is 1. The molecule has 1 aliphatic heterocycles. The van der Waals surface area contributed by atoms with Gasteiger partial charge in [-0.2, -0.15) is 11.8 Å². The molecule has 3 nitrogen and oxygen atoms in total. The van der Waals surface area contributed by atoms with Crippen molar-refractivity contribution in [2.75, 3.05) is 25.9 Å². The van der Waals surface area contributed by atoms with E-state index in [0.29, 0.717) is 11.3 Å². The van der Waals surface area contributed by atoms with Gasteiger partial charge in [-0.25, -0.2) is 0 Å². The minimum Gasteiger partial charge on any atom is -0.337 e. The molecule has 5 heteroatoms. The summed E-state index contributed by atoms with van der Waals surface area (Å²) in [5.41, 5.74) is 1.34. The summed E-state index contributed by atoms with van der Waals surface area (Å²) in [6.45, 7) is 3.13. The highest BCUT2D eigenvalue weighted by Crippen LogP contribution is 2.39. The third kappa shape index (κ3) is 3.46. The Hall–Kier alpha value is -0.520. The van der Waals surface area contributed by atoms with Crippen molar-refractivity contribution in [3.8, 4) is 0 Å². The van der Waals surface area contributed by atoms with Gasteiger partial charge in [-0.1, -0.05) is 12.8 Å². The molecule has 1 saturated carbocycles. The SMILES string of the molecule is CSC1(CNCC(=O)N2CCc3sccc3C2)CCCC1. The summed E-state index contributed by atoms with van der Waals surface area (Å²) in [7, 11) is 0. The maximum absolute atomic E-state index is 12.4. The molecule has 0 aromatic carbocycles. The van der Waals surface area contributed by atoms with E-state index in [1.165, 1.54) is 36.1 Å². The van der Waals surface area contributed by atoms with Crippen molar-refractivity contribution in [1.82, 2.24) is 10.2 Å². The molecule has 21 heavy (non-hydrogen) atoms. The first-order chi connectivity index (χ1) is 10.2. The monoisotopic (exact) mass is 324 g/mol. The zero-order chi connectivity index (χ0) is 14.7. The normalized spacial score (nSPS) is 20.5. The largest absolute Gasteiger partial charge is 0.337 e. The summed E-state index contributed by atoms with van der Waals surface area (Å²) in [4.78, 5) is 15.8. The molecule has 1 aromatic rings. The summed E-state index contributed by atoms with van der Waals surface area (Å²) in [5.74, 6) is 0.251. The zero-order valence-corrected chi connectivity index (χ0v) is 14.3. The number of carbonyl (C=O) groups is 1. The van der Waals surface area contributed by atoms with Crippen LogP contribution in [0, 0.1) is 0 Å². The van der Waals surface area contributed by atoms with Crippen LogP contribution in [0.1, 0.15) is 36.1 Å². The second-order valence-electron chi connectivity index (χ2n) is 6.13. The van der Waals surface area contributed by atoms with Crippen molar-refractivity contribution in [2.45, 2.75) is 43.4 Å². The second-order valence-corrected chi connectivity index (χ2v) is 8.41. The van der Waals surface area contributed by atoms with Crippen LogP contribution in [0.25, 0.3) is 0 Å². The number of nitrogens with one attached hydrogen (secondary N) is 1. The van der Waals surface area contributed by atoms with Crippen LogP contribution in [0.3, 0.4) is 0 Å². The van der Waals surface area contributed by atoms with E-state index in [4.69, 9.17) is 0 Å². The summed E-state index contributed by atoms with van der Waals surface area (Å²) < 4.78 is 0.378. The predicted octanol–water partition coefficient (Wildman–Crippen LogP) is 2.90. The van der Waals surface area contributed by atoms with E-state index in [1.54, 1.807) is 0 Å². The van der Waals surface area contributed by atoms with Gasteiger partial charge in [0.15, 0.2) is 0 Å². The predicted molar refractivity (Wildman–Crippen MR) is 91.0 cm³/mol. The smallest absolute Gasteiger partial charge is 0.236 e. The third-order valence-corrected chi connectivity index (χ3v) is 7.27. The molecule has 3 rings (SSSR count). The van der Waals surface area contributed by atoms with Gasteiger partial charge in [-0.3, -0.25) is 4.79 Å². The number of nitrogens with zero attached hydrogens (tertiary/aromatic N) is 1. The van der Waals surface area contributed by atoms with Crippen molar-refractivity contribution in [1.29, 1.82) is 0 Å². The molecule has 1 N–H and O–H groups in total. The molecule has 1 aliphatic carbocycles. The lowest BCUT2D eigenvalue weighted by Crippen LogP contribution is -2.44. The van der Waals surface area contributed by atoms with E-state index in [1.807, 2.05) is 28.0 Å². The fraction of sp³-hybridized carbons (Fsp3) is 0.688. The van der Waals surface area contributed by atoms with E-state index in [9.17, 15) is 4.79 Å². The number of fused-ring (bicyclic) bond motifs is 1. The number of hydrogen-bond acceptors (Lipinski definition) is 4. The molecule has 0 atom stereocenters. The van der Waals surface area contributed by atoms with Crippen LogP contribution in [0.15, 0.2) is 11.4 Å². The number of rotatable bonds is 5. The molecule has 0 saturated heterocycles. The van der Waals surface area contributed by atoms with Crippen LogP contribution in [0.2, 0.25) is 0 Å². The van der Waals surface area contributed by atoms with E-state index in [2.05, 4.69) is 23.0 Å². The Morgan fingerprint density at radius 1 is 1.48 bits per heavy atom. The van der Waals surface area contributed by atoms with Crippen molar-refractivity contribution in [3.63, 3.8) is 0 Å². The highest BCUT2D eigenvalue weighted by molar-refractivity contribution is 8.00. The lowest BCUT2D eigenvalue weighted by atomic mass is 10.1. The first kappa shape index (κ1) is 15.4. The Morgan fingerprint density at radius 3 is 3.05 bits per heavy atom. The summed E-state index contributed by atoms with van der Waals surface area (Å²) in [6, 6.07) is 2.16. The molecule has 0 unspecified atom stereocenters. The van der Waals surface area contributed by atoms with Crippen molar-refractivity contribution >= 4 is 29.0 Å². The number of thiophene rings is 1. The van der Waals surface area contributed by atoms with Crippen molar-refractivity contribution in [3.05, 3.63) is 21.9 Å². The molecule has 2 heterocycles. The average Bonchev–Trinajstić information content (AvgIpc) is 3.15. The maximum Gasteiger partial charge on any atom is 0.236 e. The van der Waals surface area contributed by atoms with Gasteiger partial charge in [-0.05, 0) is 42.5 Å². The van der Waals surface area contributed by atoms with Gasteiger partial charge >= 0.3 is 0 Å². The van der Waals surface area contributed by atoms with Gasteiger partial charge in [0.25, 0.3) is 0 Å². The molecule has 0 spiro atoms. The Morgan fingerprint density at radius 2 is 2.29 bits per heavy atom. The maximum atomic E-state index is 12.4. The van der Waals surface area contributed by atoms with E-state index in [-0.39, 0.29) is 5.91 Å². The van der Waals surface area contributed by atoms with Gasteiger partial charge in [0.05, 0.1) is 6.54 Å². The van der Waals surface area contributed by atoms with Crippen molar-refractivity contribution < 1.29 is 4.79 Å². The number of thioether (sulfide) groups is 1. The Labute approximate surface area is 135 Å². The van der Waals surface area contributed by atoms with Crippen molar-refractivity contribution in [2.24, 2.45) is 0 Å². The first-order valence-corrected chi connectivity index (χ1v) is 9.92. The lowest BCUT2D eigenvalue weighted by molar-refractivity contribution is -0.131. The van der Waals surface area contributed by atoms with Crippen LogP contribution in [-0.2, 0) is 17.8 Å². The molecule has 116 valence electrons.